The van der Waals surface area contributed by atoms with E-state index in [2.05, 4.69) is 5.10 Å². The summed E-state index contributed by atoms with van der Waals surface area (Å²) in [4.78, 5) is 11.8. The Bertz CT molecular complexity index is 1080. The second kappa shape index (κ2) is 7.17. The lowest BCUT2D eigenvalue weighted by molar-refractivity contribution is -0.105. The molecule has 0 bridgehead atoms. The van der Waals surface area contributed by atoms with Crippen molar-refractivity contribution in [2.45, 2.75) is 24.8 Å². The van der Waals surface area contributed by atoms with E-state index in [0.29, 0.717) is 23.1 Å². The zero-order chi connectivity index (χ0) is 19.6. The van der Waals surface area contributed by atoms with Gasteiger partial charge in [0.15, 0.2) is 0 Å². The topological polar surface area (TPSA) is 90.6 Å². The highest BCUT2D eigenvalue weighted by Crippen LogP contribution is 2.35. The van der Waals surface area contributed by atoms with Gasteiger partial charge in [0.1, 0.15) is 12.3 Å². The summed E-state index contributed by atoms with van der Waals surface area (Å²) in [6.07, 6.45) is 2.20. The fourth-order valence-electron chi connectivity index (χ4n) is 2.86. The molecule has 2 aromatic carbocycles. The van der Waals surface area contributed by atoms with Gasteiger partial charge < -0.3 is 0 Å². The van der Waals surface area contributed by atoms with Crippen LogP contribution in [-0.2, 0) is 14.8 Å². The third kappa shape index (κ3) is 3.52. The molecule has 2 aromatic rings. The average molecular weight is 379 g/mol. The molecule has 0 aromatic heterocycles. The lowest BCUT2D eigenvalue weighted by atomic mass is 9.97. The molecule has 1 aliphatic heterocycles. The zero-order valence-corrected chi connectivity index (χ0v) is 15.6. The smallest absolute Gasteiger partial charge is 0.279 e. The predicted molar refractivity (Wildman–Crippen MR) is 101 cm³/mol. The summed E-state index contributed by atoms with van der Waals surface area (Å²) in [6, 6.07) is 14.0. The summed E-state index contributed by atoms with van der Waals surface area (Å²) < 4.78 is 27.4. The van der Waals surface area contributed by atoms with Crippen LogP contribution in [0.2, 0.25) is 0 Å². The molecule has 0 radical (unpaired) electrons. The van der Waals surface area contributed by atoms with Crippen LogP contribution in [0.25, 0.3) is 0 Å². The molecular weight excluding hydrogens is 362 g/mol. The monoisotopic (exact) mass is 379 g/mol. The van der Waals surface area contributed by atoms with Crippen LogP contribution < -0.4 is 0 Å². The standard InChI is InChI=1S/C20H17N3O3S/c1-14-3-9-19(10-4-14)27(25,26)23-20(18(13-24)11-15(2)22-23)17-7-5-16(12-21)6-8-17/h3-11,13,20H,1-2H3/t20-/m1/s1. The molecule has 1 heterocycles. The molecule has 0 spiro atoms. The third-order valence-electron chi connectivity index (χ3n) is 4.23. The molecule has 1 atom stereocenters. The van der Waals surface area contributed by atoms with Gasteiger partial charge in [0.05, 0.1) is 22.2 Å². The lowest BCUT2D eigenvalue weighted by Gasteiger charge is -2.32. The van der Waals surface area contributed by atoms with Crippen molar-refractivity contribution in [1.29, 1.82) is 5.26 Å². The van der Waals surface area contributed by atoms with Crippen LogP contribution in [0.4, 0.5) is 0 Å². The van der Waals surface area contributed by atoms with E-state index in [-0.39, 0.29) is 10.5 Å². The van der Waals surface area contributed by atoms with E-state index in [1.165, 1.54) is 12.1 Å². The first kappa shape index (κ1) is 18.5. The van der Waals surface area contributed by atoms with Crippen LogP contribution in [0.15, 0.2) is 70.2 Å². The number of sulfonamides is 1. The minimum Gasteiger partial charge on any atom is -0.298 e. The second-order valence-electron chi connectivity index (χ2n) is 6.23. The van der Waals surface area contributed by atoms with Gasteiger partial charge in [-0.15, -0.1) is 0 Å². The Balaban J connectivity index is 2.15. The number of aldehydes is 1. The Morgan fingerprint density at radius 3 is 2.26 bits per heavy atom. The molecule has 0 unspecified atom stereocenters. The van der Waals surface area contributed by atoms with Crippen molar-refractivity contribution in [3.05, 3.63) is 76.9 Å². The Morgan fingerprint density at radius 2 is 1.70 bits per heavy atom. The van der Waals surface area contributed by atoms with Gasteiger partial charge in [0.25, 0.3) is 10.0 Å². The van der Waals surface area contributed by atoms with Crippen molar-refractivity contribution in [2.75, 3.05) is 0 Å². The van der Waals surface area contributed by atoms with Crippen LogP contribution >= 0.6 is 0 Å². The summed E-state index contributed by atoms with van der Waals surface area (Å²) in [5, 5.41) is 13.2. The first-order valence-corrected chi connectivity index (χ1v) is 9.64. The molecule has 27 heavy (non-hydrogen) atoms. The van der Waals surface area contributed by atoms with E-state index in [9.17, 15) is 13.2 Å². The molecule has 0 N–H and O–H groups in total. The van der Waals surface area contributed by atoms with Gasteiger partial charge in [-0.3, -0.25) is 4.79 Å². The van der Waals surface area contributed by atoms with Gasteiger partial charge in [-0.05, 0) is 49.8 Å². The van der Waals surface area contributed by atoms with Crippen LogP contribution in [0.1, 0.15) is 29.7 Å². The number of carbonyl (C=O) groups excluding carboxylic acids is 1. The molecule has 0 saturated heterocycles. The molecule has 136 valence electrons. The van der Waals surface area contributed by atoms with Crippen molar-refractivity contribution in [3.8, 4) is 6.07 Å². The SMILES string of the molecule is CC1=NN(S(=O)(=O)c2ccc(C)cc2)[C@H](c2ccc(C#N)cc2)C(C=O)=C1. The maximum atomic E-state index is 13.2. The van der Waals surface area contributed by atoms with E-state index < -0.39 is 16.1 Å². The molecule has 0 fully saturated rings. The molecule has 6 nitrogen and oxygen atoms in total. The fourth-order valence-corrected chi connectivity index (χ4v) is 4.31. The number of rotatable bonds is 4. The summed E-state index contributed by atoms with van der Waals surface area (Å²) in [5.74, 6) is 0. The number of benzene rings is 2. The molecule has 7 heteroatoms. The van der Waals surface area contributed by atoms with Crippen molar-refractivity contribution < 1.29 is 13.2 Å². The highest BCUT2D eigenvalue weighted by Gasteiger charge is 2.36. The minimum atomic E-state index is -3.99. The number of allylic oxidation sites excluding steroid dienone is 1. The summed E-state index contributed by atoms with van der Waals surface area (Å²) in [5.41, 5.74) is 2.63. The van der Waals surface area contributed by atoms with Gasteiger partial charge in [0, 0.05) is 5.57 Å². The molecule has 1 aliphatic rings. The van der Waals surface area contributed by atoms with E-state index >= 15 is 0 Å². The number of nitriles is 1. The minimum absolute atomic E-state index is 0.0930. The number of hydrazone groups is 1. The van der Waals surface area contributed by atoms with Crippen LogP contribution in [0.5, 0.6) is 0 Å². The molecule has 0 aliphatic carbocycles. The lowest BCUT2D eigenvalue weighted by Crippen LogP contribution is -2.35. The quantitative estimate of drug-likeness (QED) is 0.763. The van der Waals surface area contributed by atoms with Crippen molar-refractivity contribution in [2.24, 2.45) is 5.10 Å². The molecule has 3 rings (SSSR count). The number of aryl methyl sites for hydroxylation is 1. The first-order chi connectivity index (χ1) is 12.9. The highest BCUT2D eigenvalue weighted by molar-refractivity contribution is 7.89. The van der Waals surface area contributed by atoms with E-state index in [0.717, 1.165) is 9.98 Å². The molecule has 0 amide bonds. The number of hydrogen-bond donors (Lipinski definition) is 0. The molecule has 0 saturated carbocycles. The largest absolute Gasteiger partial charge is 0.298 e. The van der Waals surface area contributed by atoms with Gasteiger partial charge in [0.2, 0.25) is 0 Å². The highest BCUT2D eigenvalue weighted by atomic mass is 32.2. The van der Waals surface area contributed by atoms with Crippen molar-refractivity contribution in [1.82, 2.24) is 4.41 Å². The maximum absolute atomic E-state index is 13.2. The van der Waals surface area contributed by atoms with Gasteiger partial charge in [-0.25, -0.2) is 0 Å². The van der Waals surface area contributed by atoms with Crippen LogP contribution in [0, 0.1) is 18.3 Å². The number of hydrogen-bond acceptors (Lipinski definition) is 5. The summed E-state index contributed by atoms with van der Waals surface area (Å²) in [6.45, 7) is 3.50. The zero-order valence-electron chi connectivity index (χ0n) is 14.8. The number of nitrogens with zero attached hydrogens (tertiary/aromatic N) is 3. The Hall–Kier alpha value is -3.24. The van der Waals surface area contributed by atoms with E-state index in [1.54, 1.807) is 49.4 Å². The maximum Gasteiger partial charge on any atom is 0.279 e. The van der Waals surface area contributed by atoms with Crippen LogP contribution in [0.3, 0.4) is 0 Å². The van der Waals surface area contributed by atoms with Crippen LogP contribution in [-0.4, -0.2) is 24.8 Å². The van der Waals surface area contributed by atoms with Gasteiger partial charge in [-0.2, -0.15) is 23.2 Å². The fraction of sp³-hybridized carbons (Fsp3) is 0.150. The normalized spacial score (nSPS) is 16.9. The average Bonchev–Trinajstić information content (AvgIpc) is 2.67. The van der Waals surface area contributed by atoms with Gasteiger partial charge >= 0.3 is 0 Å². The Labute approximate surface area is 158 Å². The van der Waals surface area contributed by atoms with Crippen molar-refractivity contribution in [3.63, 3.8) is 0 Å². The summed E-state index contributed by atoms with van der Waals surface area (Å²) in [7, 11) is -3.99. The first-order valence-electron chi connectivity index (χ1n) is 8.20. The Morgan fingerprint density at radius 1 is 1.07 bits per heavy atom. The third-order valence-corrected chi connectivity index (χ3v) is 5.88. The van der Waals surface area contributed by atoms with Gasteiger partial charge in [-0.1, -0.05) is 29.8 Å². The van der Waals surface area contributed by atoms with E-state index in [1.807, 2.05) is 13.0 Å². The predicted octanol–water partition coefficient (Wildman–Crippen LogP) is 3.11. The summed E-state index contributed by atoms with van der Waals surface area (Å²) >= 11 is 0. The number of carbonyl (C=O) groups is 1. The molecular formula is C20H17N3O3S. The second-order valence-corrected chi connectivity index (χ2v) is 8.03. The van der Waals surface area contributed by atoms with Crippen molar-refractivity contribution >= 4 is 22.0 Å². The van der Waals surface area contributed by atoms with E-state index in [4.69, 9.17) is 5.26 Å². The Kier molecular flexibility index (Phi) is 4.93.